The van der Waals surface area contributed by atoms with Gasteiger partial charge < -0.3 is 20.1 Å². The second kappa shape index (κ2) is 6.34. The van der Waals surface area contributed by atoms with Gasteiger partial charge in [0.25, 0.3) is 0 Å². The molecule has 3 atom stereocenters. The Kier molecular flexibility index (Phi) is 4.26. The third-order valence-electron chi connectivity index (χ3n) is 5.44. The Balaban J connectivity index is 1.48. The number of anilines is 1. The normalized spacial score (nSPS) is 27.8. The molecule has 3 aliphatic heterocycles. The van der Waals surface area contributed by atoms with Gasteiger partial charge in [0.05, 0.1) is 12.1 Å². The number of nitrogens with two attached hydrogens (primary N) is 1. The highest BCUT2D eigenvalue weighted by Crippen LogP contribution is 2.36. The fourth-order valence-electron chi connectivity index (χ4n) is 4.31. The van der Waals surface area contributed by atoms with Crippen molar-refractivity contribution >= 4 is 11.8 Å². The van der Waals surface area contributed by atoms with Gasteiger partial charge >= 0.3 is 6.09 Å². The highest BCUT2D eigenvalue weighted by molar-refractivity contribution is 5.70. The van der Waals surface area contributed by atoms with Gasteiger partial charge in [-0.3, -0.25) is 4.90 Å². The van der Waals surface area contributed by atoms with Crippen LogP contribution in [-0.4, -0.2) is 54.4 Å². The molecule has 0 spiro atoms. The van der Waals surface area contributed by atoms with Crippen molar-refractivity contribution in [2.24, 2.45) is 5.73 Å². The lowest BCUT2D eigenvalue weighted by Gasteiger charge is -2.42. The van der Waals surface area contributed by atoms with Crippen molar-refractivity contribution in [3.63, 3.8) is 0 Å². The summed E-state index contributed by atoms with van der Waals surface area (Å²) in [6, 6.07) is 6.93. The van der Waals surface area contributed by atoms with Gasteiger partial charge in [-0.05, 0) is 51.7 Å². The number of ether oxygens (including phenoxy) is 2. The number of hydrogen-bond acceptors (Lipinski definition) is 5. The summed E-state index contributed by atoms with van der Waals surface area (Å²) in [5.41, 5.74) is 7.87. The minimum Gasteiger partial charge on any atom is -0.492 e. The van der Waals surface area contributed by atoms with E-state index in [9.17, 15) is 4.79 Å². The number of rotatable bonds is 1. The van der Waals surface area contributed by atoms with Gasteiger partial charge in [0.1, 0.15) is 18.0 Å². The number of benzene rings is 1. The fraction of sp³-hybridized carbons (Fsp3) is 0.650. The summed E-state index contributed by atoms with van der Waals surface area (Å²) in [5.74, 6) is 0.950. The summed E-state index contributed by atoms with van der Waals surface area (Å²) in [7, 11) is 0. The predicted molar refractivity (Wildman–Crippen MR) is 101 cm³/mol. The van der Waals surface area contributed by atoms with E-state index < -0.39 is 5.60 Å². The summed E-state index contributed by atoms with van der Waals surface area (Å²) in [4.78, 5) is 16.9. The Bertz CT molecular complexity index is 686. The fourth-order valence-corrected chi connectivity index (χ4v) is 4.31. The standard InChI is InChI=1S/C20H29N3O3/c1-20(2,3)26-19(24)23-16-6-7-17(23)11-22(10-16)15-5-4-13-8-14(21)12-25-18(13)9-15/h4-5,9,14,16-17H,6-8,10-12,21H2,1-3H3/t14-,16?,17?/m0/s1. The van der Waals surface area contributed by atoms with Crippen molar-refractivity contribution in [2.45, 2.75) is 63.8 Å². The Hall–Kier alpha value is -1.95. The van der Waals surface area contributed by atoms with Crippen LogP contribution in [0.3, 0.4) is 0 Å². The smallest absolute Gasteiger partial charge is 0.410 e. The van der Waals surface area contributed by atoms with Crippen molar-refractivity contribution < 1.29 is 14.3 Å². The van der Waals surface area contributed by atoms with Crippen LogP contribution < -0.4 is 15.4 Å². The zero-order valence-electron chi connectivity index (χ0n) is 15.9. The van der Waals surface area contributed by atoms with Gasteiger partial charge in [-0.15, -0.1) is 0 Å². The van der Waals surface area contributed by atoms with Gasteiger partial charge in [-0.2, -0.15) is 0 Å². The molecule has 0 aliphatic carbocycles. The van der Waals surface area contributed by atoms with E-state index in [-0.39, 0.29) is 24.2 Å². The lowest BCUT2D eigenvalue weighted by molar-refractivity contribution is 0.0123. The van der Waals surface area contributed by atoms with Crippen LogP contribution in [0.5, 0.6) is 5.75 Å². The highest BCUT2D eigenvalue weighted by Gasteiger charge is 2.44. The SMILES string of the molecule is CC(C)(C)OC(=O)N1C2CCC1CN(c1ccc3c(c1)OC[C@@H](N)C3)C2. The van der Waals surface area contributed by atoms with Crippen LogP contribution in [0.15, 0.2) is 18.2 Å². The van der Waals surface area contributed by atoms with E-state index in [0.717, 1.165) is 38.1 Å². The van der Waals surface area contributed by atoms with Gasteiger partial charge in [-0.1, -0.05) is 6.07 Å². The molecule has 6 nitrogen and oxygen atoms in total. The lowest BCUT2D eigenvalue weighted by atomic mass is 10.0. The summed E-state index contributed by atoms with van der Waals surface area (Å²) in [6.07, 6.45) is 2.77. The first-order chi connectivity index (χ1) is 12.3. The third kappa shape index (κ3) is 3.34. The average molecular weight is 359 g/mol. The van der Waals surface area contributed by atoms with E-state index in [1.165, 1.54) is 11.3 Å². The van der Waals surface area contributed by atoms with E-state index in [1.54, 1.807) is 0 Å². The highest BCUT2D eigenvalue weighted by atomic mass is 16.6. The molecule has 2 unspecified atom stereocenters. The van der Waals surface area contributed by atoms with Crippen LogP contribution in [0.25, 0.3) is 0 Å². The predicted octanol–water partition coefficient (Wildman–Crippen LogP) is 2.54. The summed E-state index contributed by atoms with van der Waals surface area (Å²) in [6.45, 7) is 8.02. The maximum atomic E-state index is 12.6. The van der Waals surface area contributed by atoms with Crippen molar-refractivity contribution in [1.82, 2.24) is 4.90 Å². The molecule has 0 radical (unpaired) electrons. The number of amides is 1. The Morgan fingerprint density at radius 1 is 1.23 bits per heavy atom. The summed E-state index contributed by atoms with van der Waals surface area (Å²) >= 11 is 0. The number of nitrogens with zero attached hydrogens (tertiary/aromatic N) is 2. The molecule has 1 amide bonds. The topological polar surface area (TPSA) is 68.0 Å². The molecule has 4 rings (SSSR count). The van der Waals surface area contributed by atoms with Crippen molar-refractivity contribution in [3.8, 4) is 5.75 Å². The first kappa shape index (κ1) is 17.5. The molecular formula is C20H29N3O3. The van der Waals surface area contributed by atoms with Crippen LogP contribution in [0.4, 0.5) is 10.5 Å². The molecule has 2 N–H and O–H groups in total. The second-order valence-corrected chi connectivity index (χ2v) is 8.74. The number of piperazine rings is 1. The minimum absolute atomic E-state index is 0.0848. The molecule has 3 heterocycles. The molecule has 2 saturated heterocycles. The second-order valence-electron chi connectivity index (χ2n) is 8.74. The van der Waals surface area contributed by atoms with Crippen molar-refractivity contribution in [1.29, 1.82) is 0 Å². The third-order valence-corrected chi connectivity index (χ3v) is 5.44. The molecule has 1 aromatic rings. The van der Waals surface area contributed by atoms with Crippen LogP contribution in [-0.2, 0) is 11.2 Å². The molecule has 26 heavy (non-hydrogen) atoms. The summed E-state index contributed by atoms with van der Waals surface area (Å²) < 4.78 is 11.4. The molecule has 6 heteroatoms. The minimum atomic E-state index is -0.454. The van der Waals surface area contributed by atoms with Crippen LogP contribution >= 0.6 is 0 Å². The van der Waals surface area contributed by atoms with Crippen LogP contribution in [0.2, 0.25) is 0 Å². The molecular weight excluding hydrogens is 330 g/mol. The van der Waals surface area contributed by atoms with E-state index in [1.807, 2.05) is 25.7 Å². The number of carbonyl (C=O) groups is 1. The van der Waals surface area contributed by atoms with E-state index in [0.29, 0.717) is 6.61 Å². The lowest BCUT2D eigenvalue weighted by Crippen LogP contribution is -2.56. The first-order valence-corrected chi connectivity index (χ1v) is 9.58. The van der Waals surface area contributed by atoms with Crippen LogP contribution in [0, 0.1) is 0 Å². The zero-order valence-corrected chi connectivity index (χ0v) is 15.9. The molecule has 0 aromatic heterocycles. The Morgan fingerprint density at radius 3 is 2.58 bits per heavy atom. The van der Waals surface area contributed by atoms with Gasteiger partial charge in [-0.25, -0.2) is 4.79 Å². The van der Waals surface area contributed by atoms with Gasteiger partial charge in [0, 0.05) is 30.9 Å². The van der Waals surface area contributed by atoms with Gasteiger partial charge in [0.15, 0.2) is 0 Å². The van der Waals surface area contributed by atoms with Crippen molar-refractivity contribution in [2.75, 3.05) is 24.6 Å². The maximum absolute atomic E-state index is 12.6. The largest absolute Gasteiger partial charge is 0.492 e. The summed E-state index contributed by atoms with van der Waals surface area (Å²) in [5, 5.41) is 0. The van der Waals surface area contributed by atoms with E-state index >= 15 is 0 Å². The first-order valence-electron chi connectivity index (χ1n) is 9.58. The molecule has 3 aliphatic rings. The van der Waals surface area contributed by atoms with Crippen LogP contribution in [0.1, 0.15) is 39.2 Å². The molecule has 1 aromatic carbocycles. The van der Waals surface area contributed by atoms with Gasteiger partial charge in [0.2, 0.25) is 0 Å². The Morgan fingerprint density at radius 2 is 1.92 bits per heavy atom. The maximum Gasteiger partial charge on any atom is 0.410 e. The van der Waals surface area contributed by atoms with Crippen molar-refractivity contribution in [3.05, 3.63) is 23.8 Å². The molecule has 0 saturated carbocycles. The molecule has 2 fully saturated rings. The molecule has 2 bridgehead atoms. The number of fused-ring (bicyclic) bond motifs is 3. The number of carbonyl (C=O) groups excluding carboxylic acids is 1. The monoisotopic (exact) mass is 359 g/mol. The zero-order chi connectivity index (χ0) is 18.5. The van der Waals surface area contributed by atoms with E-state index in [4.69, 9.17) is 15.2 Å². The average Bonchev–Trinajstić information content (AvgIpc) is 2.83. The molecule has 142 valence electrons. The Labute approximate surface area is 155 Å². The quantitative estimate of drug-likeness (QED) is 0.835. The number of hydrogen-bond donors (Lipinski definition) is 1. The van der Waals surface area contributed by atoms with E-state index in [2.05, 4.69) is 23.1 Å².